The number of aryl methyl sites for hydroxylation is 1. The third-order valence-electron chi connectivity index (χ3n) is 2.46. The second-order valence-electron chi connectivity index (χ2n) is 3.59. The molecule has 2 rings (SSSR count). The maximum absolute atomic E-state index is 5.78. The van der Waals surface area contributed by atoms with Crippen molar-refractivity contribution >= 4 is 5.82 Å². The topological polar surface area (TPSA) is 73.9 Å². The Kier molecular flexibility index (Phi) is 3.18. The maximum Gasteiger partial charge on any atom is 0.227 e. The molecule has 0 saturated carbocycles. The first-order chi connectivity index (χ1) is 8.22. The molecule has 0 saturated heterocycles. The van der Waals surface area contributed by atoms with Crippen LogP contribution in [0.25, 0.3) is 0 Å². The Morgan fingerprint density at radius 1 is 1.29 bits per heavy atom. The maximum atomic E-state index is 5.78. The van der Waals surface area contributed by atoms with Gasteiger partial charge in [-0.3, -0.25) is 4.98 Å². The van der Waals surface area contributed by atoms with Gasteiger partial charge >= 0.3 is 0 Å². The van der Waals surface area contributed by atoms with Crippen LogP contribution in [0, 0.1) is 6.92 Å². The normalized spacial score (nSPS) is 10.2. The monoisotopic (exact) mass is 230 g/mol. The van der Waals surface area contributed by atoms with Gasteiger partial charge in [0.15, 0.2) is 5.75 Å². The Morgan fingerprint density at radius 2 is 2.12 bits per heavy atom. The van der Waals surface area contributed by atoms with E-state index in [-0.39, 0.29) is 0 Å². The first kappa shape index (κ1) is 11.3. The molecule has 0 atom stereocenters. The molecule has 2 aromatic heterocycles. The predicted octanol–water partition coefficient (Wildman–Crippen LogP) is 2.12. The number of ether oxygens (including phenoxy) is 1. The fraction of sp³-hybridized carbons (Fsp3) is 0.250. The fourth-order valence-corrected chi connectivity index (χ4v) is 1.51. The van der Waals surface area contributed by atoms with E-state index in [9.17, 15) is 0 Å². The molecule has 0 bridgehead atoms. The van der Waals surface area contributed by atoms with Crippen LogP contribution in [-0.4, -0.2) is 15.0 Å². The third kappa shape index (κ3) is 2.33. The van der Waals surface area contributed by atoms with Crippen molar-refractivity contribution < 1.29 is 4.74 Å². The average Bonchev–Trinajstić information content (AvgIpc) is 2.32. The molecule has 0 aromatic carbocycles. The van der Waals surface area contributed by atoms with Gasteiger partial charge in [-0.05, 0) is 25.5 Å². The van der Waals surface area contributed by atoms with Gasteiger partial charge < -0.3 is 10.5 Å². The van der Waals surface area contributed by atoms with E-state index >= 15 is 0 Å². The summed E-state index contributed by atoms with van der Waals surface area (Å²) in [5, 5.41) is 0. The highest BCUT2D eigenvalue weighted by molar-refractivity contribution is 5.46. The molecular weight excluding hydrogens is 216 g/mol. The molecule has 2 heterocycles. The van der Waals surface area contributed by atoms with Gasteiger partial charge in [0.25, 0.3) is 0 Å². The molecule has 17 heavy (non-hydrogen) atoms. The van der Waals surface area contributed by atoms with E-state index in [2.05, 4.69) is 15.0 Å². The molecule has 88 valence electrons. The van der Waals surface area contributed by atoms with Crippen molar-refractivity contribution in [1.82, 2.24) is 15.0 Å². The van der Waals surface area contributed by atoms with Gasteiger partial charge in [0.2, 0.25) is 5.88 Å². The lowest BCUT2D eigenvalue weighted by atomic mass is 10.2. The standard InChI is InChI=1S/C12H14N4O/c1-3-9-11(13)15-7-16-12(9)17-10-5-4-6-14-8(10)2/h4-7H,3H2,1-2H3,(H2,13,15,16). The first-order valence-corrected chi connectivity index (χ1v) is 5.41. The second kappa shape index (κ2) is 4.78. The smallest absolute Gasteiger partial charge is 0.227 e. The van der Waals surface area contributed by atoms with E-state index in [1.54, 1.807) is 6.20 Å². The summed E-state index contributed by atoms with van der Waals surface area (Å²) in [7, 11) is 0. The molecular formula is C12H14N4O. The summed E-state index contributed by atoms with van der Waals surface area (Å²) in [5.74, 6) is 1.63. The van der Waals surface area contributed by atoms with Crippen LogP contribution in [0.3, 0.4) is 0 Å². The van der Waals surface area contributed by atoms with Crippen molar-refractivity contribution in [2.24, 2.45) is 0 Å². The van der Waals surface area contributed by atoms with Gasteiger partial charge in [-0.25, -0.2) is 9.97 Å². The SMILES string of the molecule is CCc1c(N)ncnc1Oc1cccnc1C. The summed E-state index contributed by atoms with van der Waals surface area (Å²) in [6, 6.07) is 3.67. The Labute approximate surface area is 99.7 Å². The van der Waals surface area contributed by atoms with Gasteiger partial charge in [-0.2, -0.15) is 0 Å². The van der Waals surface area contributed by atoms with Crippen LogP contribution in [0.1, 0.15) is 18.2 Å². The van der Waals surface area contributed by atoms with Gasteiger partial charge in [0.05, 0.1) is 11.3 Å². The van der Waals surface area contributed by atoms with E-state index in [4.69, 9.17) is 10.5 Å². The van der Waals surface area contributed by atoms with Crippen LogP contribution >= 0.6 is 0 Å². The van der Waals surface area contributed by atoms with Crippen LogP contribution in [0.15, 0.2) is 24.7 Å². The minimum absolute atomic E-state index is 0.457. The van der Waals surface area contributed by atoms with E-state index in [0.717, 1.165) is 17.7 Å². The molecule has 0 fully saturated rings. The molecule has 0 aliphatic carbocycles. The number of nitrogen functional groups attached to an aromatic ring is 1. The molecule has 0 radical (unpaired) electrons. The minimum Gasteiger partial charge on any atom is -0.437 e. The molecule has 0 aliphatic heterocycles. The summed E-state index contributed by atoms with van der Waals surface area (Å²) < 4.78 is 5.72. The largest absolute Gasteiger partial charge is 0.437 e. The molecule has 0 amide bonds. The number of rotatable bonds is 3. The lowest BCUT2D eigenvalue weighted by Crippen LogP contribution is -2.02. The number of aromatic nitrogens is 3. The number of nitrogens with zero attached hydrogens (tertiary/aromatic N) is 3. The summed E-state index contributed by atoms with van der Waals surface area (Å²) in [6.07, 6.45) is 3.84. The molecule has 5 heteroatoms. The van der Waals surface area contributed by atoms with Crippen molar-refractivity contribution in [2.45, 2.75) is 20.3 Å². The number of hydrogen-bond donors (Lipinski definition) is 1. The van der Waals surface area contributed by atoms with Gasteiger partial charge in [0, 0.05) is 6.20 Å². The number of nitrogens with two attached hydrogens (primary N) is 1. The van der Waals surface area contributed by atoms with E-state index in [1.807, 2.05) is 26.0 Å². The second-order valence-corrected chi connectivity index (χ2v) is 3.59. The molecule has 5 nitrogen and oxygen atoms in total. The Morgan fingerprint density at radius 3 is 2.82 bits per heavy atom. The van der Waals surface area contributed by atoms with E-state index in [0.29, 0.717) is 17.4 Å². The molecule has 0 spiro atoms. The third-order valence-corrected chi connectivity index (χ3v) is 2.46. The number of hydrogen-bond acceptors (Lipinski definition) is 5. The zero-order valence-electron chi connectivity index (χ0n) is 9.84. The van der Waals surface area contributed by atoms with Crippen LogP contribution in [0.5, 0.6) is 11.6 Å². The summed E-state index contributed by atoms with van der Waals surface area (Å²) in [4.78, 5) is 12.2. The molecule has 0 unspecified atom stereocenters. The van der Waals surface area contributed by atoms with Gasteiger partial charge in [-0.1, -0.05) is 6.92 Å². The van der Waals surface area contributed by atoms with Crippen molar-refractivity contribution in [3.05, 3.63) is 35.9 Å². The van der Waals surface area contributed by atoms with Crippen molar-refractivity contribution in [1.29, 1.82) is 0 Å². The quantitative estimate of drug-likeness (QED) is 0.874. The average molecular weight is 230 g/mol. The molecule has 2 aromatic rings. The van der Waals surface area contributed by atoms with Gasteiger partial charge in [-0.15, -0.1) is 0 Å². The Balaban J connectivity index is 2.37. The minimum atomic E-state index is 0.457. The lowest BCUT2D eigenvalue weighted by Gasteiger charge is -2.10. The highest BCUT2D eigenvalue weighted by atomic mass is 16.5. The number of pyridine rings is 1. The number of anilines is 1. The van der Waals surface area contributed by atoms with Crippen LogP contribution in [-0.2, 0) is 6.42 Å². The summed E-state index contributed by atoms with van der Waals surface area (Å²) in [6.45, 7) is 3.86. The summed E-state index contributed by atoms with van der Waals surface area (Å²) >= 11 is 0. The van der Waals surface area contributed by atoms with E-state index < -0.39 is 0 Å². The van der Waals surface area contributed by atoms with Crippen LogP contribution in [0.2, 0.25) is 0 Å². The highest BCUT2D eigenvalue weighted by Crippen LogP contribution is 2.26. The van der Waals surface area contributed by atoms with Gasteiger partial charge in [0.1, 0.15) is 12.1 Å². The molecule has 0 aliphatic rings. The first-order valence-electron chi connectivity index (χ1n) is 5.41. The van der Waals surface area contributed by atoms with Crippen molar-refractivity contribution in [3.8, 4) is 11.6 Å². The highest BCUT2D eigenvalue weighted by Gasteiger charge is 2.10. The fourth-order valence-electron chi connectivity index (χ4n) is 1.51. The predicted molar refractivity (Wildman–Crippen MR) is 64.9 cm³/mol. The van der Waals surface area contributed by atoms with Crippen molar-refractivity contribution in [2.75, 3.05) is 5.73 Å². The Hall–Kier alpha value is -2.17. The zero-order valence-corrected chi connectivity index (χ0v) is 9.84. The Bertz CT molecular complexity index is 528. The molecule has 2 N–H and O–H groups in total. The van der Waals surface area contributed by atoms with Crippen LogP contribution in [0.4, 0.5) is 5.82 Å². The lowest BCUT2D eigenvalue weighted by molar-refractivity contribution is 0.449. The summed E-state index contributed by atoms with van der Waals surface area (Å²) in [5.41, 5.74) is 7.40. The zero-order chi connectivity index (χ0) is 12.3. The van der Waals surface area contributed by atoms with E-state index in [1.165, 1.54) is 6.33 Å². The van der Waals surface area contributed by atoms with Crippen LogP contribution < -0.4 is 10.5 Å². The van der Waals surface area contributed by atoms with Crippen molar-refractivity contribution in [3.63, 3.8) is 0 Å².